The molecular formula is C19H34N2O4. The molecule has 6 nitrogen and oxygen atoms in total. The van der Waals surface area contributed by atoms with Crippen LogP contribution in [0, 0.1) is 5.92 Å². The number of allylic oxidation sites excluding steroid dienone is 1. The highest BCUT2D eigenvalue weighted by molar-refractivity contribution is 5.76. The number of hydrogen-bond donors (Lipinski definition) is 2. The van der Waals surface area contributed by atoms with Gasteiger partial charge >= 0.3 is 5.97 Å². The smallest absolute Gasteiger partial charge is 0.323 e. The fraction of sp³-hybridized carbons (Fsp3) is 0.789. The van der Waals surface area contributed by atoms with Crippen molar-refractivity contribution in [3.05, 3.63) is 12.2 Å². The van der Waals surface area contributed by atoms with Gasteiger partial charge < -0.3 is 14.8 Å². The monoisotopic (exact) mass is 354 g/mol. The van der Waals surface area contributed by atoms with Gasteiger partial charge in [0.25, 0.3) is 0 Å². The number of carbonyl (C=O) groups is 2. The van der Waals surface area contributed by atoms with Gasteiger partial charge in [-0.25, -0.2) is 0 Å². The van der Waals surface area contributed by atoms with Gasteiger partial charge in [0.1, 0.15) is 6.04 Å². The van der Waals surface area contributed by atoms with Crippen molar-refractivity contribution >= 4 is 11.9 Å². The van der Waals surface area contributed by atoms with Crippen molar-refractivity contribution in [2.75, 3.05) is 13.7 Å². The zero-order chi connectivity index (χ0) is 19.0. The third-order valence-corrected chi connectivity index (χ3v) is 4.96. The number of nitrogens with one attached hydrogen (secondary N) is 2. The molecule has 0 radical (unpaired) electrons. The van der Waals surface area contributed by atoms with Crippen LogP contribution < -0.4 is 10.6 Å². The summed E-state index contributed by atoms with van der Waals surface area (Å²) < 4.78 is 11.0. The number of rotatable bonds is 9. The Hall–Kier alpha value is -1.40. The lowest BCUT2D eigenvalue weighted by atomic mass is 9.81. The molecule has 1 aliphatic heterocycles. The molecule has 0 spiro atoms. The molecule has 0 aliphatic carbocycles. The second-order valence-corrected chi connectivity index (χ2v) is 6.87. The number of amides is 1. The minimum atomic E-state index is -0.526. The van der Waals surface area contributed by atoms with Crippen molar-refractivity contribution in [2.24, 2.45) is 5.92 Å². The summed E-state index contributed by atoms with van der Waals surface area (Å²) in [6.07, 6.45) is 6.47. The number of carbonyl (C=O) groups excluding carboxylic acids is 2. The minimum Gasteiger partial charge on any atom is -0.465 e. The highest BCUT2D eigenvalue weighted by Gasteiger charge is 2.47. The molecule has 0 saturated carbocycles. The first kappa shape index (κ1) is 21.6. The van der Waals surface area contributed by atoms with Crippen LogP contribution in [0.4, 0.5) is 0 Å². The van der Waals surface area contributed by atoms with Crippen molar-refractivity contribution in [1.82, 2.24) is 10.6 Å². The summed E-state index contributed by atoms with van der Waals surface area (Å²) in [7, 11) is 1.67. The van der Waals surface area contributed by atoms with Crippen molar-refractivity contribution < 1.29 is 19.1 Å². The van der Waals surface area contributed by atoms with E-state index in [1.54, 1.807) is 14.0 Å². The molecule has 0 aromatic carbocycles. The zero-order valence-corrected chi connectivity index (χ0v) is 16.4. The zero-order valence-electron chi connectivity index (χ0n) is 16.4. The van der Waals surface area contributed by atoms with Crippen LogP contribution in [0.2, 0.25) is 0 Å². The number of hydrogen-bond acceptors (Lipinski definition) is 5. The summed E-state index contributed by atoms with van der Waals surface area (Å²) in [4.78, 5) is 24.1. The maximum absolute atomic E-state index is 12.2. The summed E-state index contributed by atoms with van der Waals surface area (Å²) in [5.41, 5.74) is -0.526. The van der Waals surface area contributed by atoms with E-state index < -0.39 is 5.60 Å². The molecular weight excluding hydrogens is 320 g/mol. The van der Waals surface area contributed by atoms with Crippen molar-refractivity contribution in [3.8, 4) is 0 Å². The van der Waals surface area contributed by atoms with Crippen LogP contribution in [0.3, 0.4) is 0 Å². The predicted octanol–water partition coefficient (Wildman–Crippen LogP) is 2.18. The van der Waals surface area contributed by atoms with Crippen LogP contribution in [-0.2, 0) is 19.1 Å². The second kappa shape index (κ2) is 9.92. The van der Waals surface area contributed by atoms with Gasteiger partial charge in [0.05, 0.1) is 18.2 Å². The average Bonchev–Trinajstić information content (AvgIpc) is 2.97. The van der Waals surface area contributed by atoms with Crippen molar-refractivity contribution in [1.29, 1.82) is 0 Å². The largest absolute Gasteiger partial charge is 0.465 e. The highest BCUT2D eigenvalue weighted by Crippen LogP contribution is 2.32. The van der Waals surface area contributed by atoms with Gasteiger partial charge in [-0.3, -0.25) is 14.9 Å². The number of methoxy groups -OCH3 is 1. The summed E-state index contributed by atoms with van der Waals surface area (Å²) >= 11 is 0. The summed E-state index contributed by atoms with van der Waals surface area (Å²) in [6, 6.07) is -0.730. The lowest BCUT2D eigenvalue weighted by Crippen LogP contribution is -2.62. The molecule has 5 atom stereocenters. The molecule has 0 aromatic heterocycles. The maximum Gasteiger partial charge on any atom is 0.323 e. The molecule has 1 saturated heterocycles. The first-order chi connectivity index (χ1) is 11.8. The molecule has 0 bridgehead atoms. The normalized spacial score (nSPS) is 27.0. The summed E-state index contributed by atoms with van der Waals surface area (Å²) in [6.45, 7) is 9.74. The molecule has 144 valence electrons. The number of esters is 1. The van der Waals surface area contributed by atoms with E-state index >= 15 is 0 Å². The van der Waals surface area contributed by atoms with E-state index in [1.165, 1.54) is 6.92 Å². The van der Waals surface area contributed by atoms with Gasteiger partial charge in [-0.05, 0) is 39.5 Å². The van der Waals surface area contributed by atoms with E-state index in [4.69, 9.17) is 9.47 Å². The molecule has 0 unspecified atom stereocenters. The summed E-state index contributed by atoms with van der Waals surface area (Å²) in [5.74, 6) is -0.233. The van der Waals surface area contributed by atoms with E-state index in [0.29, 0.717) is 13.0 Å². The Bertz CT molecular complexity index is 480. The predicted molar refractivity (Wildman–Crippen MR) is 98.2 cm³/mol. The molecule has 1 amide bonds. The van der Waals surface area contributed by atoms with E-state index in [2.05, 4.69) is 23.6 Å². The first-order valence-corrected chi connectivity index (χ1v) is 9.20. The SMILES string of the molecule is CC=C[C@@H]1C[C@@H](C(=O)OCC)N[C@H]1[C@@H](NC(C)=O)[C@](C)(CCC)OC. The van der Waals surface area contributed by atoms with Crippen LogP contribution in [-0.4, -0.2) is 49.3 Å². The molecule has 1 rings (SSSR count). The van der Waals surface area contributed by atoms with E-state index in [1.807, 2.05) is 19.9 Å². The van der Waals surface area contributed by atoms with Gasteiger partial charge in [0.2, 0.25) is 5.91 Å². The fourth-order valence-corrected chi connectivity index (χ4v) is 3.76. The van der Waals surface area contributed by atoms with Gasteiger partial charge in [-0.1, -0.05) is 25.5 Å². The van der Waals surface area contributed by atoms with Crippen LogP contribution >= 0.6 is 0 Å². The highest BCUT2D eigenvalue weighted by atomic mass is 16.5. The average molecular weight is 354 g/mol. The van der Waals surface area contributed by atoms with E-state index in [0.717, 1.165) is 12.8 Å². The van der Waals surface area contributed by atoms with E-state index in [9.17, 15) is 9.59 Å². The summed E-state index contributed by atoms with van der Waals surface area (Å²) in [5, 5.41) is 6.46. The maximum atomic E-state index is 12.2. The number of ether oxygens (including phenoxy) is 2. The Kier molecular flexibility index (Phi) is 8.59. The second-order valence-electron chi connectivity index (χ2n) is 6.87. The molecule has 1 aliphatic rings. The van der Waals surface area contributed by atoms with Gasteiger partial charge in [-0.2, -0.15) is 0 Å². The lowest BCUT2D eigenvalue weighted by molar-refractivity contribution is -0.145. The Morgan fingerprint density at radius 3 is 2.56 bits per heavy atom. The first-order valence-electron chi connectivity index (χ1n) is 9.20. The fourth-order valence-electron chi connectivity index (χ4n) is 3.76. The molecule has 0 aromatic rings. The molecule has 1 heterocycles. The molecule has 6 heteroatoms. The third-order valence-electron chi connectivity index (χ3n) is 4.96. The molecule has 2 N–H and O–H groups in total. The van der Waals surface area contributed by atoms with Gasteiger partial charge in [0, 0.05) is 20.1 Å². The van der Waals surface area contributed by atoms with Crippen LogP contribution in [0.5, 0.6) is 0 Å². The van der Waals surface area contributed by atoms with Crippen LogP contribution in [0.25, 0.3) is 0 Å². The Labute approximate surface area is 151 Å². The van der Waals surface area contributed by atoms with Crippen molar-refractivity contribution in [2.45, 2.75) is 77.6 Å². The lowest BCUT2D eigenvalue weighted by Gasteiger charge is -2.41. The minimum absolute atomic E-state index is 0.106. The molecule has 1 fully saturated rings. The standard InChI is InChI=1S/C19H34N2O4/c1-7-10-14-12-15(18(23)25-9-3)21-16(14)17(20-13(4)22)19(5,24-6)11-8-2/h7,10,14-17,21H,8-9,11-12H2,1-6H3,(H,20,22)/t14-,15+,16-,17-,19+/m1/s1. The van der Waals surface area contributed by atoms with Gasteiger partial charge in [-0.15, -0.1) is 0 Å². The van der Waals surface area contributed by atoms with E-state index in [-0.39, 0.29) is 35.9 Å². The molecule has 25 heavy (non-hydrogen) atoms. The topological polar surface area (TPSA) is 76.7 Å². The van der Waals surface area contributed by atoms with Gasteiger partial charge in [0.15, 0.2) is 0 Å². The Balaban J connectivity index is 3.15. The third kappa shape index (κ3) is 5.54. The Morgan fingerprint density at radius 2 is 2.08 bits per heavy atom. The van der Waals surface area contributed by atoms with Crippen LogP contribution in [0.15, 0.2) is 12.2 Å². The van der Waals surface area contributed by atoms with Crippen molar-refractivity contribution in [3.63, 3.8) is 0 Å². The Morgan fingerprint density at radius 1 is 1.40 bits per heavy atom. The van der Waals surface area contributed by atoms with Crippen LogP contribution in [0.1, 0.15) is 53.9 Å². The quantitative estimate of drug-likeness (QED) is 0.490.